The number of rotatable bonds is 6. The molecule has 7 heteroatoms. The molecule has 182 valence electrons. The van der Waals surface area contributed by atoms with Crippen LogP contribution in [0.25, 0.3) is 0 Å². The minimum atomic E-state index is -0.524. The second kappa shape index (κ2) is 11.0. The van der Waals surface area contributed by atoms with E-state index in [9.17, 15) is 14.9 Å². The number of nitriles is 1. The quantitative estimate of drug-likeness (QED) is 0.310. The Balaban J connectivity index is 1.73. The smallest absolute Gasteiger partial charge is 0.265 e. The Bertz CT molecular complexity index is 1380. The number of benzene rings is 3. The maximum absolute atomic E-state index is 13.7. The van der Waals surface area contributed by atoms with Crippen molar-refractivity contribution in [2.45, 2.75) is 38.5 Å². The molecular formula is C29H26ClN3O2S. The lowest BCUT2D eigenvalue weighted by molar-refractivity contribution is -0.117. The van der Waals surface area contributed by atoms with Crippen molar-refractivity contribution < 1.29 is 9.59 Å². The predicted octanol–water partition coefficient (Wildman–Crippen LogP) is 6.26. The van der Waals surface area contributed by atoms with Crippen LogP contribution in [-0.2, 0) is 16.0 Å². The van der Waals surface area contributed by atoms with Crippen LogP contribution >= 0.6 is 23.4 Å². The molecule has 0 spiro atoms. The maximum Gasteiger partial charge on any atom is 0.265 e. The van der Waals surface area contributed by atoms with Gasteiger partial charge in [-0.3, -0.25) is 14.5 Å². The fourth-order valence-corrected chi connectivity index (χ4v) is 5.55. The molecule has 2 amide bonds. The number of carbonyl (C=O) groups is 2. The summed E-state index contributed by atoms with van der Waals surface area (Å²) >= 11 is 7.60. The van der Waals surface area contributed by atoms with Gasteiger partial charge in [-0.05, 0) is 67.6 Å². The summed E-state index contributed by atoms with van der Waals surface area (Å²) in [5.74, 6) is -0.703. The first kappa shape index (κ1) is 25.6. The first-order chi connectivity index (χ1) is 17.3. The third kappa shape index (κ3) is 5.33. The zero-order chi connectivity index (χ0) is 25.8. The van der Waals surface area contributed by atoms with Gasteiger partial charge in [0.15, 0.2) is 0 Å². The van der Waals surface area contributed by atoms with Crippen molar-refractivity contribution in [3.05, 3.63) is 111 Å². The molecule has 3 aromatic rings. The average Bonchev–Trinajstić information content (AvgIpc) is 3.18. The van der Waals surface area contributed by atoms with E-state index in [1.165, 1.54) is 16.7 Å². The molecule has 5 nitrogen and oxygen atoms in total. The molecule has 1 heterocycles. The zero-order valence-electron chi connectivity index (χ0n) is 20.3. The largest absolute Gasteiger partial charge is 0.345 e. The molecule has 0 bridgehead atoms. The summed E-state index contributed by atoms with van der Waals surface area (Å²) in [5.41, 5.74) is 4.41. The number of thioether (sulfide) groups is 1. The van der Waals surface area contributed by atoms with Gasteiger partial charge < -0.3 is 5.32 Å². The highest BCUT2D eigenvalue weighted by atomic mass is 35.5. The van der Waals surface area contributed by atoms with Crippen LogP contribution in [0.1, 0.15) is 35.2 Å². The summed E-state index contributed by atoms with van der Waals surface area (Å²) < 4.78 is 0. The maximum atomic E-state index is 13.7. The van der Waals surface area contributed by atoms with Crippen LogP contribution in [0.5, 0.6) is 0 Å². The molecule has 0 aromatic heterocycles. The van der Waals surface area contributed by atoms with Crippen LogP contribution in [0.3, 0.4) is 0 Å². The number of halogens is 1. The minimum absolute atomic E-state index is 0.0870. The number of nitrogens with zero attached hydrogens (tertiary/aromatic N) is 2. The van der Waals surface area contributed by atoms with Crippen LogP contribution in [0.2, 0.25) is 5.02 Å². The Kier molecular flexibility index (Phi) is 7.83. The number of nitrogens with one attached hydrogen (secondary N) is 1. The lowest BCUT2D eigenvalue weighted by Gasteiger charge is -2.20. The lowest BCUT2D eigenvalue weighted by atomic mass is 10.1. The predicted molar refractivity (Wildman–Crippen MR) is 146 cm³/mol. The van der Waals surface area contributed by atoms with Gasteiger partial charge in [0, 0.05) is 10.7 Å². The highest BCUT2D eigenvalue weighted by Crippen LogP contribution is 2.42. The number of hydrogen-bond donors (Lipinski definition) is 1. The van der Waals surface area contributed by atoms with Gasteiger partial charge in [-0.15, -0.1) is 0 Å². The molecule has 1 aliphatic rings. The molecule has 3 aromatic carbocycles. The average molecular weight is 516 g/mol. The molecule has 2 unspecified atom stereocenters. The van der Waals surface area contributed by atoms with E-state index in [4.69, 9.17) is 11.6 Å². The molecule has 1 saturated heterocycles. The van der Waals surface area contributed by atoms with Gasteiger partial charge in [0.1, 0.15) is 16.7 Å². The van der Waals surface area contributed by atoms with Crippen molar-refractivity contribution in [3.8, 4) is 6.07 Å². The van der Waals surface area contributed by atoms with Crippen LogP contribution in [0.4, 0.5) is 5.69 Å². The molecular weight excluding hydrogens is 490 g/mol. The lowest BCUT2D eigenvalue weighted by Crippen LogP contribution is -2.33. The van der Waals surface area contributed by atoms with Crippen molar-refractivity contribution in [2.24, 2.45) is 0 Å². The van der Waals surface area contributed by atoms with Gasteiger partial charge in [-0.2, -0.15) is 5.26 Å². The van der Waals surface area contributed by atoms with E-state index in [1.54, 1.807) is 6.07 Å². The molecule has 1 N–H and O–H groups in total. The number of aryl methyl sites for hydroxylation is 2. The Morgan fingerprint density at radius 2 is 1.78 bits per heavy atom. The van der Waals surface area contributed by atoms with Crippen molar-refractivity contribution in [1.82, 2.24) is 5.32 Å². The summed E-state index contributed by atoms with van der Waals surface area (Å²) in [4.78, 5) is 28.5. The van der Waals surface area contributed by atoms with Gasteiger partial charge in [-0.25, -0.2) is 0 Å². The topological polar surface area (TPSA) is 73.2 Å². The molecule has 0 radical (unpaired) electrons. The molecule has 0 saturated carbocycles. The molecule has 1 aliphatic heterocycles. The van der Waals surface area contributed by atoms with Gasteiger partial charge in [0.25, 0.3) is 5.91 Å². The van der Waals surface area contributed by atoms with Crippen molar-refractivity contribution in [3.63, 3.8) is 0 Å². The highest BCUT2D eigenvalue weighted by molar-refractivity contribution is 8.05. The SMILES string of the molecule is Cc1ccc(N2C(=O)C(Cc3ccccc3Cl)S/C2=C(/C#N)C(=O)NC(C)c2ccccc2)cc1C. The summed E-state index contributed by atoms with van der Waals surface area (Å²) in [6.45, 7) is 5.83. The second-order valence-corrected chi connectivity index (χ2v) is 10.3. The van der Waals surface area contributed by atoms with Gasteiger partial charge in [0.2, 0.25) is 5.91 Å². The van der Waals surface area contributed by atoms with Crippen molar-refractivity contribution in [1.29, 1.82) is 5.26 Å². The number of amides is 2. The van der Waals surface area contributed by atoms with E-state index in [1.807, 2.05) is 87.5 Å². The number of carbonyl (C=O) groups excluding carboxylic acids is 2. The monoisotopic (exact) mass is 515 g/mol. The highest BCUT2D eigenvalue weighted by Gasteiger charge is 2.41. The molecule has 4 rings (SSSR count). The van der Waals surface area contributed by atoms with E-state index < -0.39 is 11.2 Å². The first-order valence-electron chi connectivity index (χ1n) is 11.6. The summed E-state index contributed by atoms with van der Waals surface area (Å²) in [5, 5.41) is 13.4. The summed E-state index contributed by atoms with van der Waals surface area (Å²) in [7, 11) is 0. The molecule has 2 atom stereocenters. The first-order valence-corrected chi connectivity index (χ1v) is 12.9. The van der Waals surface area contributed by atoms with Crippen LogP contribution in [0.15, 0.2) is 83.4 Å². The third-order valence-corrected chi connectivity index (χ3v) is 7.90. The fraction of sp³-hybridized carbons (Fsp3) is 0.207. The second-order valence-electron chi connectivity index (χ2n) is 8.74. The van der Waals surface area contributed by atoms with E-state index >= 15 is 0 Å². The Labute approximate surface area is 220 Å². The van der Waals surface area contributed by atoms with Gasteiger partial charge in [0.05, 0.1) is 11.3 Å². The summed E-state index contributed by atoms with van der Waals surface area (Å²) in [6, 6.07) is 24.4. The zero-order valence-corrected chi connectivity index (χ0v) is 21.9. The van der Waals surface area contributed by atoms with Crippen molar-refractivity contribution in [2.75, 3.05) is 4.90 Å². The van der Waals surface area contributed by atoms with Gasteiger partial charge >= 0.3 is 0 Å². The van der Waals surface area contributed by atoms with Crippen LogP contribution in [-0.4, -0.2) is 17.1 Å². The number of hydrogen-bond acceptors (Lipinski definition) is 4. The Hall–Kier alpha value is -3.53. The van der Waals surface area contributed by atoms with Gasteiger partial charge in [-0.1, -0.05) is 78.0 Å². The molecule has 1 fully saturated rings. The van der Waals surface area contributed by atoms with E-state index in [2.05, 4.69) is 11.4 Å². The fourth-order valence-electron chi connectivity index (χ4n) is 4.04. The normalized spacial score (nSPS) is 17.5. The molecule has 36 heavy (non-hydrogen) atoms. The molecule has 0 aliphatic carbocycles. The van der Waals surface area contributed by atoms with Crippen LogP contribution < -0.4 is 10.2 Å². The third-order valence-electron chi connectivity index (χ3n) is 6.26. The van der Waals surface area contributed by atoms with E-state index in [-0.39, 0.29) is 17.5 Å². The summed E-state index contributed by atoms with van der Waals surface area (Å²) in [6.07, 6.45) is 0.384. The standard InChI is InChI=1S/C29H26ClN3O2S/c1-18-13-14-23(15-19(18)2)33-28(35)26(16-22-11-7-8-12-25(22)30)36-29(33)24(17-31)27(34)32-20(3)21-9-5-4-6-10-21/h4-15,20,26H,16H2,1-3H3,(H,32,34)/b29-24-. The number of anilines is 1. The van der Waals surface area contributed by atoms with E-state index in [0.29, 0.717) is 22.2 Å². The minimum Gasteiger partial charge on any atom is -0.345 e. The Morgan fingerprint density at radius 3 is 2.44 bits per heavy atom. The van der Waals surface area contributed by atoms with E-state index in [0.717, 1.165) is 22.3 Å². The van der Waals surface area contributed by atoms with Crippen LogP contribution in [0, 0.1) is 25.2 Å². The van der Waals surface area contributed by atoms with Crippen molar-refractivity contribution >= 4 is 40.9 Å². The Morgan fingerprint density at radius 1 is 1.08 bits per heavy atom.